The lowest BCUT2D eigenvalue weighted by Gasteiger charge is -2.31. The zero-order chi connectivity index (χ0) is 28.1. The highest BCUT2D eigenvalue weighted by Gasteiger charge is 2.36. The van der Waals surface area contributed by atoms with Crippen LogP contribution in [0.3, 0.4) is 0 Å². The summed E-state index contributed by atoms with van der Waals surface area (Å²) in [7, 11) is 0. The Morgan fingerprint density at radius 1 is 1.00 bits per heavy atom. The fourth-order valence-corrected chi connectivity index (χ4v) is 6.48. The Balaban J connectivity index is 1.20. The van der Waals surface area contributed by atoms with E-state index in [1.54, 1.807) is 16.2 Å². The first-order valence-corrected chi connectivity index (χ1v) is 14.0. The largest absolute Gasteiger partial charge is 0.433 e. The maximum atomic E-state index is 13.3. The average molecular weight is 563 g/mol. The van der Waals surface area contributed by atoms with Crippen LogP contribution >= 0.6 is 11.3 Å². The Morgan fingerprint density at radius 2 is 1.59 bits per heavy atom. The zero-order valence-electron chi connectivity index (χ0n) is 22.8. The van der Waals surface area contributed by atoms with Crippen LogP contribution in [0.5, 0.6) is 0 Å². The first kappa shape index (κ1) is 27.8. The van der Waals surface area contributed by atoms with E-state index in [1.165, 1.54) is 40.3 Å². The number of rotatable bonds is 4. The van der Waals surface area contributed by atoms with Gasteiger partial charge < -0.3 is 14.4 Å². The van der Waals surface area contributed by atoms with Crippen molar-refractivity contribution in [2.24, 2.45) is 0 Å². The van der Waals surface area contributed by atoms with Gasteiger partial charge in [0, 0.05) is 24.4 Å². The van der Waals surface area contributed by atoms with Crippen molar-refractivity contribution in [2.45, 2.75) is 85.6 Å². The molecule has 0 bridgehead atoms. The van der Waals surface area contributed by atoms with Gasteiger partial charge in [0.25, 0.3) is 0 Å². The van der Waals surface area contributed by atoms with E-state index >= 15 is 0 Å². The number of ether oxygens (including phenoxy) is 2. The Kier molecular flexibility index (Phi) is 7.60. The molecular weight excluding hydrogens is 529 g/mol. The van der Waals surface area contributed by atoms with Crippen LogP contribution < -0.4 is 0 Å². The molecule has 0 radical (unpaired) electrons. The molecule has 210 valence electrons. The molecule has 2 aliphatic heterocycles. The summed E-state index contributed by atoms with van der Waals surface area (Å²) in [6.45, 7) is 11.5. The number of aromatic nitrogens is 3. The van der Waals surface area contributed by atoms with Gasteiger partial charge in [-0.1, -0.05) is 0 Å². The predicted molar refractivity (Wildman–Crippen MR) is 140 cm³/mol. The standard InChI is InChI=1S/C28H33F3N4O3S/c1-15-10-24(28(29,30)31)35(33-15)11-25(36)34-8-6-20(7-9-34)26-32-23(14-39-26)27-37-12-21-18(4)16(2)17(3)19(5)22(21)13-38-27/h10,14,20,27H,6-9,11-13H2,1-5H3. The molecule has 2 aromatic heterocycles. The molecule has 0 saturated carbocycles. The first-order valence-electron chi connectivity index (χ1n) is 13.1. The fourth-order valence-electron chi connectivity index (χ4n) is 5.49. The molecule has 0 unspecified atom stereocenters. The van der Waals surface area contributed by atoms with Gasteiger partial charge in [-0.15, -0.1) is 11.3 Å². The number of amides is 1. The molecule has 1 aromatic carbocycles. The number of nitrogens with zero attached hydrogens (tertiary/aromatic N) is 4. The van der Waals surface area contributed by atoms with Crippen LogP contribution in [0.1, 0.15) is 80.5 Å². The number of aryl methyl sites for hydroxylation is 1. The average Bonchev–Trinajstić information content (AvgIpc) is 3.47. The summed E-state index contributed by atoms with van der Waals surface area (Å²) < 4.78 is 52.9. The second-order valence-corrected chi connectivity index (χ2v) is 11.4. The monoisotopic (exact) mass is 562 g/mol. The van der Waals surface area contributed by atoms with Crippen LogP contribution in [-0.4, -0.2) is 38.7 Å². The van der Waals surface area contributed by atoms with Gasteiger partial charge in [0.2, 0.25) is 12.2 Å². The van der Waals surface area contributed by atoms with E-state index in [2.05, 4.69) is 32.8 Å². The Morgan fingerprint density at radius 3 is 2.15 bits per heavy atom. The molecular formula is C28H33F3N4O3S. The molecule has 0 N–H and O–H groups in total. The molecule has 11 heteroatoms. The summed E-state index contributed by atoms with van der Waals surface area (Å²) in [6, 6.07) is 0.963. The summed E-state index contributed by atoms with van der Waals surface area (Å²) in [5.74, 6) is -0.194. The summed E-state index contributed by atoms with van der Waals surface area (Å²) in [5, 5.41) is 6.82. The van der Waals surface area contributed by atoms with E-state index in [1.807, 2.05) is 5.38 Å². The van der Waals surface area contributed by atoms with Gasteiger partial charge in [-0.25, -0.2) is 4.98 Å². The predicted octanol–water partition coefficient (Wildman–Crippen LogP) is 6.05. The number of piperidine rings is 1. The Hall–Kier alpha value is -2.76. The van der Waals surface area contributed by atoms with Gasteiger partial charge in [0.05, 0.1) is 23.9 Å². The topological polar surface area (TPSA) is 69.5 Å². The number of carbonyl (C=O) groups excluding carboxylic acids is 1. The molecule has 0 atom stereocenters. The van der Waals surface area contributed by atoms with E-state index < -0.39 is 24.7 Å². The van der Waals surface area contributed by atoms with Crippen molar-refractivity contribution in [1.29, 1.82) is 0 Å². The van der Waals surface area contributed by atoms with Gasteiger partial charge in [-0.2, -0.15) is 18.3 Å². The third-order valence-corrected chi connectivity index (χ3v) is 9.20. The highest BCUT2D eigenvalue weighted by Crippen LogP contribution is 2.37. The van der Waals surface area contributed by atoms with E-state index in [0.29, 0.717) is 39.1 Å². The summed E-state index contributed by atoms with van der Waals surface area (Å²) in [4.78, 5) is 19.2. The van der Waals surface area contributed by atoms with Gasteiger partial charge in [-0.05, 0) is 86.9 Å². The van der Waals surface area contributed by atoms with Crippen molar-refractivity contribution in [3.63, 3.8) is 0 Å². The van der Waals surface area contributed by atoms with Crippen molar-refractivity contribution in [3.05, 3.63) is 66.9 Å². The summed E-state index contributed by atoms with van der Waals surface area (Å²) in [6.07, 6.45) is -3.72. The molecule has 2 aliphatic rings. The smallest absolute Gasteiger partial charge is 0.342 e. The second-order valence-electron chi connectivity index (χ2n) is 10.5. The number of benzene rings is 1. The maximum absolute atomic E-state index is 13.3. The molecule has 4 heterocycles. The minimum atomic E-state index is -4.56. The minimum Gasteiger partial charge on any atom is -0.342 e. The third kappa shape index (κ3) is 5.49. The molecule has 1 saturated heterocycles. The maximum Gasteiger partial charge on any atom is 0.433 e. The van der Waals surface area contributed by atoms with Crippen molar-refractivity contribution in [2.75, 3.05) is 13.1 Å². The van der Waals surface area contributed by atoms with Crippen LogP contribution in [0, 0.1) is 34.6 Å². The van der Waals surface area contributed by atoms with Crippen molar-refractivity contribution >= 4 is 17.2 Å². The second kappa shape index (κ2) is 10.7. The van der Waals surface area contributed by atoms with E-state index in [4.69, 9.17) is 14.5 Å². The molecule has 5 rings (SSSR count). The number of fused-ring (bicyclic) bond motifs is 1. The quantitative estimate of drug-likeness (QED) is 0.387. The van der Waals surface area contributed by atoms with Crippen LogP contribution in [0.2, 0.25) is 0 Å². The Labute approximate surface area is 229 Å². The van der Waals surface area contributed by atoms with E-state index in [0.717, 1.165) is 21.4 Å². The lowest BCUT2D eigenvalue weighted by molar-refractivity contribution is -0.155. The highest BCUT2D eigenvalue weighted by molar-refractivity contribution is 7.09. The minimum absolute atomic E-state index is 0.170. The molecule has 3 aromatic rings. The van der Waals surface area contributed by atoms with Crippen LogP contribution in [-0.2, 0) is 40.2 Å². The van der Waals surface area contributed by atoms with Gasteiger partial charge >= 0.3 is 6.18 Å². The zero-order valence-corrected chi connectivity index (χ0v) is 23.6. The third-order valence-electron chi connectivity index (χ3n) is 8.17. The van der Waals surface area contributed by atoms with Crippen molar-refractivity contribution < 1.29 is 27.4 Å². The van der Waals surface area contributed by atoms with E-state index in [9.17, 15) is 18.0 Å². The van der Waals surface area contributed by atoms with Gasteiger partial charge in [-0.3, -0.25) is 9.48 Å². The summed E-state index contributed by atoms with van der Waals surface area (Å²) in [5.41, 5.74) is 7.53. The molecule has 1 fully saturated rings. The number of carbonyl (C=O) groups is 1. The van der Waals surface area contributed by atoms with Crippen LogP contribution in [0.15, 0.2) is 11.4 Å². The number of alkyl halides is 3. The number of hydrogen-bond donors (Lipinski definition) is 0. The Bertz CT molecular complexity index is 1350. The lowest BCUT2D eigenvalue weighted by Crippen LogP contribution is -2.40. The van der Waals surface area contributed by atoms with Gasteiger partial charge in [0.1, 0.15) is 17.9 Å². The SMILES string of the molecule is Cc1cc(C(F)(F)F)n(CC(=O)N2CCC(c3nc(C4OCc5c(C)c(C)c(C)c(C)c5CO4)cs3)CC2)n1. The molecule has 0 aliphatic carbocycles. The molecule has 0 spiro atoms. The fraction of sp³-hybridized carbons (Fsp3) is 0.536. The number of halogens is 3. The van der Waals surface area contributed by atoms with Crippen LogP contribution in [0.4, 0.5) is 13.2 Å². The number of thiazole rings is 1. The van der Waals surface area contributed by atoms with Crippen molar-refractivity contribution in [3.8, 4) is 0 Å². The summed E-state index contributed by atoms with van der Waals surface area (Å²) >= 11 is 1.56. The molecule has 1 amide bonds. The number of hydrogen-bond acceptors (Lipinski definition) is 6. The lowest BCUT2D eigenvalue weighted by atomic mass is 9.89. The molecule has 39 heavy (non-hydrogen) atoms. The normalized spacial score (nSPS) is 17.4. The number of likely N-dealkylation sites (tertiary alicyclic amines) is 1. The first-order chi connectivity index (χ1) is 18.4. The highest BCUT2D eigenvalue weighted by atomic mass is 32.1. The van der Waals surface area contributed by atoms with Gasteiger partial charge in [0.15, 0.2) is 0 Å². The van der Waals surface area contributed by atoms with Crippen molar-refractivity contribution in [1.82, 2.24) is 19.7 Å². The molecule has 7 nitrogen and oxygen atoms in total. The van der Waals surface area contributed by atoms with E-state index in [-0.39, 0.29) is 17.5 Å². The van der Waals surface area contributed by atoms with Crippen LogP contribution in [0.25, 0.3) is 0 Å².